The highest BCUT2D eigenvalue weighted by atomic mass is 16.5. The number of para-hydroxylation sites is 1. The van der Waals surface area contributed by atoms with Crippen LogP contribution >= 0.6 is 0 Å². The third-order valence-corrected chi connectivity index (χ3v) is 4.14. The van der Waals surface area contributed by atoms with E-state index in [9.17, 15) is 9.59 Å². The topological polar surface area (TPSA) is 65.1 Å². The van der Waals surface area contributed by atoms with E-state index in [4.69, 9.17) is 14.2 Å². The van der Waals surface area contributed by atoms with E-state index in [2.05, 4.69) is 0 Å². The molecule has 0 fully saturated rings. The Morgan fingerprint density at radius 1 is 1.08 bits per heavy atom. The molecule has 6 nitrogen and oxygen atoms in total. The highest BCUT2D eigenvalue weighted by Crippen LogP contribution is 2.28. The Morgan fingerprint density at radius 2 is 1.88 bits per heavy atom. The lowest BCUT2D eigenvalue weighted by Crippen LogP contribution is -2.33. The summed E-state index contributed by atoms with van der Waals surface area (Å²) in [6.45, 7) is 0.282. The molecule has 0 saturated heterocycles. The lowest BCUT2D eigenvalue weighted by molar-refractivity contribution is -0.121. The Hall–Kier alpha value is -3.02. The molecule has 130 valence electrons. The van der Waals surface area contributed by atoms with E-state index >= 15 is 0 Å². The number of hydrogen-bond acceptors (Lipinski definition) is 5. The van der Waals surface area contributed by atoms with Gasteiger partial charge in [-0.2, -0.15) is 0 Å². The summed E-state index contributed by atoms with van der Waals surface area (Å²) in [5.74, 6) is 0.0487. The number of hydrogen-bond donors (Lipinski definition) is 0. The molecule has 0 unspecified atom stereocenters. The van der Waals surface area contributed by atoms with E-state index < -0.39 is 5.97 Å². The third kappa shape index (κ3) is 3.42. The number of methoxy groups -OCH3 is 2. The molecule has 0 atom stereocenters. The zero-order chi connectivity index (χ0) is 17.8. The van der Waals surface area contributed by atoms with Crippen molar-refractivity contribution in [2.24, 2.45) is 0 Å². The van der Waals surface area contributed by atoms with Crippen molar-refractivity contribution >= 4 is 17.6 Å². The normalized spacial score (nSPS) is 12.5. The van der Waals surface area contributed by atoms with Crippen LogP contribution in [0.25, 0.3) is 0 Å². The largest absolute Gasteiger partial charge is 0.497 e. The fourth-order valence-electron chi connectivity index (χ4n) is 2.85. The smallest absolute Gasteiger partial charge is 0.342 e. The number of carbonyl (C=O) groups excluding carboxylic acids is 2. The third-order valence-electron chi connectivity index (χ3n) is 4.14. The molecule has 6 heteroatoms. The van der Waals surface area contributed by atoms with Gasteiger partial charge in [-0.05, 0) is 30.2 Å². The molecule has 25 heavy (non-hydrogen) atoms. The summed E-state index contributed by atoms with van der Waals surface area (Å²) in [6.07, 6.45) is 0.808. The van der Waals surface area contributed by atoms with E-state index in [1.807, 2.05) is 24.3 Å². The van der Waals surface area contributed by atoms with E-state index in [-0.39, 0.29) is 18.1 Å². The zero-order valence-electron chi connectivity index (χ0n) is 14.2. The molecular weight excluding hydrogens is 322 g/mol. The van der Waals surface area contributed by atoms with Crippen molar-refractivity contribution in [3.05, 3.63) is 53.6 Å². The first-order valence-electron chi connectivity index (χ1n) is 7.91. The summed E-state index contributed by atoms with van der Waals surface area (Å²) in [7, 11) is 2.98. The minimum Gasteiger partial charge on any atom is -0.497 e. The number of benzene rings is 2. The number of anilines is 1. The van der Waals surface area contributed by atoms with Crippen LogP contribution in [0, 0.1) is 0 Å². The summed E-state index contributed by atoms with van der Waals surface area (Å²) in [5.41, 5.74) is 2.25. The van der Waals surface area contributed by atoms with Crippen LogP contribution in [0.4, 0.5) is 5.69 Å². The lowest BCUT2D eigenvalue weighted by Gasteiger charge is -2.17. The van der Waals surface area contributed by atoms with Gasteiger partial charge in [-0.25, -0.2) is 4.79 Å². The van der Waals surface area contributed by atoms with Crippen LogP contribution in [-0.4, -0.2) is 39.2 Å². The van der Waals surface area contributed by atoms with Crippen molar-refractivity contribution in [1.82, 2.24) is 0 Å². The van der Waals surface area contributed by atoms with Gasteiger partial charge in [-0.1, -0.05) is 18.2 Å². The van der Waals surface area contributed by atoms with Crippen molar-refractivity contribution in [3.63, 3.8) is 0 Å². The van der Waals surface area contributed by atoms with Crippen molar-refractivity contribution < 1.29 is 23.8 Å². The van der Waals surface area contributed by atoms with Crippen LogP contribution in [-0.2, 0) is 16.0 Å². The Balaban J connectivity index is 1.66. The maximum absolute atomic E-state index is 12.4. The minimum absolute atomic E-state index is 0.245. The van der Waals surface area contributed by atoms with Crippen molar-refractivity contribution in [2.75, 3.05) is 32.3 Å². The second kappa shape index (κ2) is 7.25. The number of nitrogens with zero attached hydrogens (tertiary/aromatic N) is 1. The van der Waals surface area contributed by atoms with Crippen LogP contribution in [0.1, 0.15) is 15.9 Å². The standard InChI is InChI=1S/C19H19NO5/c1-23-14-7-8-15(17(11-14)24-2)19(22)25-12-18(21)20-10-9-13-5-3-4-6-16(13)20/h3-8,11H,9-10,12H2,1-2H3. The molecule has 0 saturated carbocycles. The van der Waals surface area contributed by atoms with Gasteiger partial charge in [0.05, 0.1) is 14.2 Å². The van der Waals surface area contributed by atoms with E-state index in [0.717, 1.165) is 17.7 Å². The predicted octanol–water partition coefficient (Wildman–Crippen LogP) is 2.45. The molecule has 3 rings (SSSR count). The van der Waals surface area contributed by atoms with Gasteiger partial charge in [0.1, 0.15) is 17.1 Å². The second-order valence-corrected chi connectivity index (χ2v) is 5.57. The molecule has 1 aliphatic rings. The number of rotatable bonds is 5. The van der Waals surface area contributed by atoms with Gasteiger partial charge in [-0.15, -0.1) is 0 Å². The fraction of sp³-hybridized carbons (Fsp3) is 0.263. The maximum atomic E-state index is 12.4. The number of fused-ring (bicyclic) bond motifs is 1. The molecule has 0 aromatic heterocycles. The minimum atomic E-state index is -0.611. The number of esters is 1. The monoisotopic (exact) mass is 341 g/mol. The molecule has 2 aromatic rings. The highest BCUT2D eigenvalue weighted by molar-refractivity contribution is 5.99. The lowest BCUT2D eigenvalue weighted by atomic mass is 10.2. The van der Waals surface area contributed by atoms with Crippen molar-refractivity contribution in [2.45, 2.75) is 6.42 Å². The molecule has 1 amide bonds. The molecule has 1 heterocycles. The Labute approximate surface area is 145 Å². The molecule has 0 radical (unpaired) electrons. The molecule has 0 spiro atoms. The van der Waals surface area contributed by atoms with Crippen LogP contribution < -0.4 is 14.4 Å². The summed E-state index contributed by atoms with van der Waals surface area (Å²) in [6, 6.07) is 12.5. The van der Waals surface area contributed by atoms with Crippen LogP contribution in [0.5, 0.6) is 11.5 Å². The van der Waals surface area contributed by atoms with Gasteiger partial charge >= 0.3 is 5.97 Å². The summed E-state index contributed by atoms with van der Waals surface area (Å²) in [5, 5.41) is 0. The first-order chi connectivity index (χ1) is 12.1. The zero-order valence-corrected chi connectivity index (χ0v) is 14.2. The van der Waals surface area contributed by atoms with Crippen molar-refractivity contribution in [3.8, 4) is 11.5 Å². The van der Waals surface area contributed by atoms with E-state index in [1.165, 1.54) is 14.2 Å². The van der Waals surface area contributed by atoms with E-state index in [0.29, 0.717) is 18.0 Å². The van der Waals surface area contributed by atoms with Gasteiger partial charge in [0.15, 0.2) is 6.61 Å². The fourth-order valence-corrected chi connectivity index (χ4v) is 2.85. The van der Waals surface area contributed by atoms with Crippen LogP contribution in [0.2, 0.25) is 0 Å². The second-order valence-electron chi connectivity index (χ2n) is 5.57. The van der Waals surface area contributed by atoms with Gasteiger partial charge in [0.2, 0.25) is 0 Å². The predicted molar refractivity (Wildman–Crippen MR) is 92.3 cm³/mol. The van der Waals surface area contributed by atoms with Crippen LogP contribution in [0.15, 0.2) is 42.5 Å². The highest BCUT2D eigenvalue weighted by Gasteiger charge is 2.25. The quantitative estimate of drug-likeness (QED) is 0.782. The Morgan fingerprint density at radius 3 is 2.64 bits per heavy atom. The van der Waals surface area contributed by atoms with Crippen LogP contribution in [0.3, 0.4) is 0 Å². The van der Waals surface area contributed by atoms with Gasteiger partial charge in [-0.3, -0.25) is 4.79 Å². The molecule has 1 aliphatic heterocycles. The molecule has 0 N–H and O–H groups in total. The van der Waals surface area contributed by atoms with Gasteiger partial charge in [0, 0.05) is 18.3 Å². The molecule has 2 aromatic carbocycles. The maximum Gasteiger partial charge on any atom is 0.342 e. The summed E-state index contributed by atoms with van der Waals surface area (Å²) >= 11 is 0. The SMILES string of the molecule is COc1ccc(C(=O)OCC(=O)N2CCc3ccccc32)c(OC)c1. The Kier molecular flexibility index (Phi) is 4.88. The van der Waals surface area contributed by atoms with E-state index in [1.54, 1.807) is 23.1 Å². The number of amides is 1. The molecule has 0 aliphatic carbocycles. The molecule has 0 bridgehead atoms. The average molecular weight is 341 g/mol. The number of ether oxygens (including phenoxy) is 3. The number of carbonyl (C=O) groups is 2. The van der Waals surface area contributed by atoms with Gasteiger partial charge in [0.25, 0.3) is 5.91 Å². The molecular formula is C19H19NO5. The first kappa shape index (κ1) is 16.8. The Bertz CT molecular complexity index is 802. The summed E-state index contributed by atoms with van der Waals surface area (Å²) in [4.78, 5) is 26.3. The van der Waals surface area contributed by atoms with Crippen molar-refractivity contribution in [1.29, 1.82) is 0 Å². The van der Waals surface area contributed by atoms with Gasteiger partial charge < -0.3 is 19.1 Å². The summed E-state index contributed by atoms with van der Waals surface area (Å²) < 4.78 is 15.5. The first-order valence-corrected chi connectivity index (χ1v) is 7.91. The average Bonchev–Trinajstić information content (AvgIpc) is 3.09.